The molecule has 0 saturated heterocycles. The molecule has 3 rings (SSSR count). The number of benzene rings is 2. The lowest BCUT2D eigenvalue weighted by Gasteiger charge is -2.20. The maximum atomic E-state index is 12.4. The number of rotatable bonds is 6. The Bertz CT molecular complexity index is 999. The Morgan fingerprint density at radius 1 is 1.04 bits per heavy atom. The zero-order chi connectivity index (χ0) is 18.5. The van der Waals surface area contributed by atoms with Crippen molar-refractivity contribution in [2.24, 2.45) is 0 Å². The highest BCUT2D eigenvalue weighted by Crippen LogP contribution is 2.22. The quantitative estimate of drug-likeness (QED) is 0.373. The van der Waals surface area contributed by atoms with Crippen molar-refractivity contribution in [1.29, 1.82) is 0 Å². The van der Waals surface area contributed by atoms with Gasteiger partial charge in [-0.05, 0) is 43.7 Å². The molecule has 0 amide bonds. The Labute approximate surface area is 152 Å². The fourth-order valence-corrected chi connectivity index (χ4v) is 2.88. The van der Waals surface area contributed by atoms with Crippen molar-refractivity contribution in [2.75, 3.05) is 18.0 Å². The van der Waals surface area contributed by atoms with Gasteiger partial charge < -0.3 is 9.32 Å². The largest absolute Gasteiger partial charge is 0.422 e. The van der Waals surface area contributed by atoms with Gasteiger partial charge in [0.25, 0.3) is 0 Å². The number of ketones is 1. The molecular formula is C22H21NO3. The van der Waals surface area contributed by atoms with Crippen LogP contribution in [0.4, 0.5) is 5.69 Å². The number of carbonyl (C=O) groups excluding carboxylic acids is 1. The van der Waals surface area contributed by atoms with Crippen molar-refractivity contribution in [3.05, 3.63) is 82.2 Å². The second kappa shape index (κ2) is 7.83. The van der Waals surface area contributed by atoms with Gasteiger partial charge in [-0.25, -0.2) is 4.79 Å². The fourth-order valence-electron chi connectivity index (χ4n) is 2.88. The maximum absolute atomic E-state index is 12.4. The first kappa shape index (κ1) is 17.7. The van der Waals surface area contributed by atoms with Crippen molar-refractivity contribution < 1.29 is 9.21 Å². The van der Waals surface area contributed by atoms with Gasteiger partial charge in [-0.15, -0.1) is 0 Å². The number of hydrogen-bond acceptors (Lipinski definition) is 4. The van der Waals surface area contributed by atoms with Gasteiger partial charge in [0, 0.05) is 30.2 Å². The number of carbonyl (C=O) groups is 1. The normalized spacial score (nSPS) is 11.2. The van der Waals surface area contributed by atoms with Gasteiger partial charge in [0.2, 0.25) is 0 Å². The smallest absolute Gasteiger partial charge is 0.347 e. The van der Waals surface area contributed by atoms with Gasteiger partial charge in [-0.2, -0.15) is 0 Å². The predicted octanol–water partition coefficient (Wildman–Crippen LogP) is 4.54. The summed E-state index contributed by atoms with van der Waals surface area (Å²) in [5.74, 6) is -0.364. The molecule has 0 saturated carbocycles. The predicted molar refractivity (Wildman–Crippen MR) is 106 cm³/mol. The van der Waals surface area contributed by atoms with E-state index in [1.807, 2.05) is 48.5 Å². The molecule has 26 heavy (non-hydrogen) atoms. The molecule has 0 fully saturated rings. The molecule has 0 radical (unpaired) electrons. The van der Waals surface area contributed by atoms with Crippen LogP contribution in [0.25, 0.3) is 17.0 Å². The summed E-state index contributed by atoms with van der Waals surface area (Å²) in [6.45, 7) is 5.88. The Kier molecular flexibility index (Phi) is 5.32. The summed E-state index contributed by atoms with van der Waals surface area (Å²) in [5, 5.41) is 0.733. The molecule has 0 aliphatic rings. The third-order valence-electron chi connectivity index (χ3n) is 4.34. The average molecular weight is 347 g/mol. The van der Waals surface area contributed by atoms with Crippen LogP contribution in [0.3, 0.4) is 0 Å². The standard InChI is InChI=1S/C22H21NO3/c1-3-23(4-2)18-12-11-17-14-19(22(25)26-21(17)15-18)20(24)13-10-16-8-6-5-7-9-16/h5-15H,3-4H2,1-2H3/b13-10+. The third-order valence-corrected chi connectivity index (χ3v) is 4.34. The molecule has 0 spiro atoms. The van der Waals surface area contributed by atoms with Crippen LogP contribution < -0.4 is 10.5 Å². The van der Waals surface area contributed by atoms with E-state index in [1.165, 1.54) is 6.08 Å². The van der Waals surface area contributed by atoms with Crippen LogP contribution in [0.5, 0.6) is 0 Å². The second-order valence-corrected chi connectivity index (χ2v) is 5.95. The molecule has 4 nitrogen and oxygen atoms in total. The summed E-state index contributed by atoms with van der Waals surface area (Å²) in [5.41, 5.74) is 1.81. The van der Waals surface area contributed by atoms with Crippen LogP contribution in [0, 0.1) is 0 Å². The van der Waals surface area contributed by atoms with Crippen LogP contribution in [0.1, 0.15) is 29.8 Å². The molecule has 0 aliphatic carbocycles. The average Bonchev–Trinajstić information content (AvgIpc) is 2.67. The summed E-state index contributed by atoms with van der Waals surface area (Å²) in [4.78, 5) is 26.8. The first-order chi connectivity index (χ1) is 12.6. The molecule has 1 aromatic heterocycles. The minimum Gasteiger partial charge on any atom is -0.422 e. The van der Waals surface area contributed by atoms with Gasteiger partial charge in [-0.3, -0.25) is 4.79 Å². The number of anilines is 1. The lowest BCUT2D eigenvalue weighted by atomic mass is 10.1. The molecule has 0 atom stereocenters. The van der Waals surface area contributed by atoms with E-state index in [-0.39, 0.29) is 11.3 Å². The molecule has 132 valence electrons. The SMILES string of the molecule is CCN(CC)c1ccc2cc(C(=O)/C=C/c3ccccc3)c(=O)oc2c1. The van der Waals surface area contributed by atoms with E-state index >= 15 is 0 Å². The van der Waals surface area contributed by atoms with E-state index in [0.29, 0.717) is 5.58 Å². The Balaban J connectivity index is 1.93. The zero-order valence-corrected chi connectivity index (χ0v) is 14.9. The van der Waals surface area contributed by atoms with Gasteiger partial charge in [0.1, 0.15) is 11.1 Å². The topological polar surface area (TPSA) is 50.5 Å². The lowest BCUT2D eigenvalue weighted by Crippen LogP contribution is -2.21. The van der Waals surface area contributed by atoms with Crippen molar-refractivity contribution >= 4 is 28.5 Å². The molecule has 0 N–H and O–H groups in total. The van der Waals surface area contributed by atoms with Gasteiger partial charge in [0.05, 0.1) is 0 Å². The molecular weight excluding hydrogens is 326 g/mol. The summed E-state index contributed by atoms with van der Waals surface area (Å²) in [6, 6.07) is 16.8. The summed E-state index contributed by atoms with van der Waals surface area (Å²) in [7, 11) is 0. The Hall–Kier alpha value is -3.14. The molecule has 3 aromatic rings. The number of fused-ring (bicyclic) bond motifs is 1. The monoisotopic (exact) mass is 347 g/mol. The highest BCUT2D eigenvalue weighted by Gasteiger charge is 2.12. The molecule has 1 heterocycles. The molecule has 2 aromatic carbocycles. The van der Waals surface area contributed by atoms with Crippen molar-refractivity contribution in [1.82, 2.24) is 0 Å². The zero-order valence-electron chi connectivity index (χ0n) is 14.9. The van der Waals surface area contributed by atoms with E-state index in [9.17, 15) is 9.59 Å². The van der Waals surface area contributed by atoms with Crippen LogP contribution in [0.2, 0.25) is 0 Å². The molecule has 0 aliphatic heterocycles. The second-order valence-electron chi connectivity index (χ2n) is 5.95. The molecule has 0 bridgehead atoms. The van der Waals surface area contributed by atoms with Gasteiger partial charge >= 0.3 is 5.63 Å². The summed E-state index contributed by atoms with van der Waals surface area (Å²) < 4.78 is 5.41. The van der Waals surface area contributed by atoms with Gasteiger partial charge in [-0.1, -0.05) is 36.4 Å². The highest BCUT2D eigenvalue weighted by atomic mass is 16.4. The van der Waals surface area contributed by atoms with E-state index in [2.05, 4.69) is 18.7 Å². The molecule has 4 heteroatoms. The van der Waals surface area contributed by atoms with Crippen LogP contribution in [0.15, 0.2) is 69.9 Å². The third kappa shape index (κ3) is 3.75. The van der Waals surface area contributed by atoms with Gasteiger partial charge in [0.15, 0.2) is 5.78 Å². The van der Waals surface area contributed by atoms with Crippen molar-refractivity contribution in [3.8, 4) is 0 Å². The summed E-state index contributed by atoms with van der Waals surface area (Å²) in [6.07, 6.45) is 3.09. The van der Waals surface area contributed by atoms with Crippen molar-refractivity contribution in [3.63, 3.8) is 0 Å². The first-order valence-corrected chi connectivity index (χ1v) is 8.72. The minimum absolute atomic E-state index is 0.0419. The van der Waals surface area contributed by atoms with Crippen LogP contribution in [-0.2, 0) is 0 Å². The number of allylic oxidation sites excluding steroid dienone is 1. The maximum Gasteiger partial charge on any atom is 0.347 e. The Morgan fingerprint density at radius 2 is 1.77 bits per heavy atom. The van der Waals surface area contributed by atoms with E-state index < -0.39 is 5.63 Å². The lowest BCUT2D eigenvalue weighted by molar-refractivity contribution is 0.104. The minimum atomic E-state index is -0.614. The van der Waals surface area contributed by atoms with Crippen LogP contribution >= 0.6 is 0 Å². The highest BCUT2D eigenvalue weighted by molar-refractivity contribution is 6.07. The molecule has 0 unspecified atom stereocenters. The van der Waals surface area contributed by atoms with Crippen molar-refractivity contribution in [2.45, 2.75) is 13.8 Å². The first-order valence-electron chi connectivity index (χ1n) is 8.72. The summed E-state index contributed by atoms with van der Waals surface area (Å²) >= 11 is 0. The number of hydrogen-bond donors (Lipinski definition) is 0. The number of nitrogens with zero attached hydrogens (tertiary/aromatic N) is 1. The van der Waals surface area contributed by atoms with E-state index in [0.717, 1.165) is 29.7 Å². The Morgan fingerprint density at radius 3 is 2.46 bits per heavy atom. The van der Waals surface area contributed by atoms with E-state index in [4.69, 9.17) is 4.42 Å². The fraction of sp³-hybridized carbons (Fsp3) is 0.182. The van der Waals surface area contributed by atoms with Crippen LogP contribution in [-0.4, -0.2) is 18.9 Å². The van der Waals surface area contributed by atoms with E-state index in [1.54, 1.807) is 12.1 Å².